The largest absolute Gasteiger partial charge is 0.496 e. The second kappa shape index (κ2) is 7.59. The Morgan fingerprint density at radius 1 is 1.11 bits per heavy atom. The van der Waals surface area contributed by atoms with Crippen LogP contribution in [0.3, 0.4) is 0 Å². The van der Waals surface area contributed by atoms with Crippen LogP contribution < -0.4 is 4.74 Å². The van der Waals surface area contributed by atoms with Gasteiger partial charge in [0, 0.05) is 18.2 Å². The number of ether oxygens (including phenoxy) is 1. The van der Waals surface area contributed by atoms with E-state index in [9.17, 15) is 26.4 Å². The molecule has 0 aliphatic carbocycles. The molecule has 0 radical (unpaired) electrons. The van der Waals surface area contributed by atoms with Gasteiger partial charge in [0.05, 0.1) is 17.6 Å². The van der Waals surface area contributed by atoms with Gasteiger partial charge >= 0.3 is 12.1 Å². The fourth-order valence-corrected chi connectivity index (χ4v) is 3.24. The molecule has 0 saturated carbocycles. The summed E-state index contributed by atoms with van der Waals surface area (Å²) in [7, 11) is -2.30. The fourth-order valence-electron chi connectivity index (χ4n) is 2.59. The third-order valence-electron chi connectivity index (χ3n) is 3.93. The SMILES string of the molecule is COc1ccc(S(C)(=O)=O)cc1-c1cc(C(F)(F)F)ccc1CCC(=O)O. The van der Waals surface area contributed by atoms with Gasteiger partial charge in [0.1, 0.15) is 5.75 Å². The smallest absolute Gasteiger partial charge is 0.416 e. The Labute approximate surface area is 154 Å². The fraction of sp³-hybridized carbons (Fsp3) is 0.278. The normalized spacial score (nSPS) is 12.0. The Hall–Kier alpha value is -2.55. The van der Waals surface area contributed by atoms with E-state index >= 15 is 0 Å². The molecule has 0 saturated heterocycles. The molecule has 2 rings (SSSR count). The van der Waals surface area contributed by atoms with Gasteiger partial charge < -0.3 is 9.84 Å². The summed E-state index contributed by atoms with van der Waals surface area (Å²) in [6.07, 6.45) is -3.93. The first-order chi connectivity index (χ1) is 12.4. The Kier molecular flexibility index (Phi) is 5.84. The van der Waals surface area contributed by atoms with Crippen LogP contribution in [-0.2, 0) is 27.2 Å². The topological polar surface area (TPSA) is 80.7 Å². The maximum Gasteiger partial charge on any atom is 0.416 e. The Bertz CT molecular complexity index is 965. The van der Waals surface area contributed by atoms with Crippen molar-refractivity contribution in [3.8, 4) is 16.9 Å². The first-order valence-corrected chi connectivity index (χ1v) is 9.63. The zero-order chi connectivity index (χ0) is 20.4. The van der Waals surface area contributed by atoms with Gasteiger partial charge in [0.15, 0.2) is 9.84 Å². The van der Waals surface area contributed by atoms with E-state index < -0.39 is 27.5 Å². The third-order valence-corrected chi connectivity index (χ3v) is 5.04. The Morgan fingerprint density at radius 2 is 1.78 bits per heavy atom. The molecule has 0 heterocycles. The average molecular weight is 402 g/mol. The lowest BCUT2D eigenvalue weighted by molar-refractivity contribution is -0.138. The standard InChI is InChI=1S/C18H17F3O5S/c1-26-16-7-6-13(27(2,24)25)10-15(16)14-9-12(18(19,20)21)5-3-11(14)4-8-17(22)23/h3,5-7,9-10H,4,8H2,1-2H3,(H,22,23). The summed E-state index contributed by atoms with van der Waals surface area (Å²) in [6, 6.07) is 6.82. The minimum absolute atomic E-state index is 0.0188. The first kappa shape index (κ1) is 20.8. The first-order valence-electron chi connectivity index (χ1n) is 7.74. The number of carbonyl (C=O) groups is 1. The van der Waals surface area contributed by atoms with Crippen molar-refractivity contribution in [1.29, 1.82) is 0 Å². The van der Waals surface area contributed by atoms with Crippen molar-refractivity contribution in [2.45, 2.75) is 23.9 Å². The number of methoxy groups -OCH3 is 1. The quantitative estimate of drug-likeness (QED) is 0.795. The van der Waals surface area contributed by atoms with Gasteiger partial charge in [-0.25, -0.2) is 8.42 Å². The third kappa shape index (κ3) is 5.00. The van der Waals surface area contributed by atoms with Gasteiger partial charge in [-0.2, -0.15) is 13.2 Å². The summed E-state index contributed by atoms with van der Waals surface area (Å²) < 4.78 is 68.3. The van der Waals surface area contributed by atoms with E-state index in [1.54, 1.807) is 0 Å². The summed E-state index contributed by atoms with van der Waals surface area (Å²) in [5, 5.41) is 8.89. The number of halogens is 3. The molecule has 0 aromatic heterocycles. The number of hydrogen-bond donors (Lipinski definition) is 1. The molecular weight excluding hydrogens is 385 g/mol. The van der Waals surface area contributed by atoms with Crippen LogP contribution in [0.2, 0.25) is 0 Å². The molecular formula is C18H17F3O5S. The predicted molar refractivity (Wildman–Crippen MR) is 92.5 cm³/mol. The summed E-state index contributed by atoms with van der Waals surface area (Å²) in [4.78, 5) is 10.8. The molecule has 0 atom stereocenters. The minimum Gasteiger partial charge on any atom is -0.496 e. The molecule has 27 heavy (non-hydrogen) atoms. The van der Waals surface area contributed by atoms with Gasteiger partial charge in [0.2, 0.25) is 0 Å². The molecule has 2 aromatic carbocycles. The Morgan fingerprint density at radius 3 is 2.30 bits per heavy atom. The molecule has 9 heteroatoms. The highest BCUT2D eigenvalue weighted by Gasteiger charge is 2.31. The molecule has 0 fully saturated rings. The average Bonchev–Trinajstić information content (AvgIpc) is 2.57. The van der Waals surface area contributed by atoms with Crippen LogP contribution in [0.25, 0.3) is 11.1 Å². The van der Waals surface area contributed by atoms with E-state index in [1.165, 1.54) is 31.4 Å². The molecule has 0 amide bonds. The number of aliphatic carboxylic acids is 1. The zero-order valence-corrected chi connectivity index (χ0v) is 15.3. The van der Waals surface area contributed by atoms with E-state index in [-0.39, 0.29) is 34.6 Å². The van der Waals surface area contributed by atoms with Crippen molar-refractivity contribution in [2.24, 2.45) is 0 Å². The van der Waals surface area contributed by atoms with Crippen molar-refractivity contribution >= 4 is 15.8 Å². The number of hydrogen-bond acceptors (Lipinski definition) is 4. The minimum atomic E-state index is -4.61. The van der Waals surface area contributed by atoms with Crippen LogP contribution >= 0.6 is 0 Å². The lowest BCUT2D eigenvalue weighted by Crippen LogP contribution is -2.07. The highest BCUT2D eigenvalue weighted by Crippen LogP contribution is 2.39. The zero-order valence-electron chi connectivity index (χ0n) is 14.5. The number of rotatable bonds is 6. The van der Waals surface area contributed by atoms with Crippen LogP contribution in [0.15, 0.2) is 41.3 Å². The summed E-state index contributed by atoms with van der Waals surface area (Å²) in [6.45, 7) is 0. The van der Waals surface area contributed by atoms with Crippen molar-refractivity contribution in [3.63, 3.8) is 0 Å². The van der Waals surface area contributed by atoms with Crippen LogP contribution in [0.1, 0.15) is 17.5 Å². The lowest BCUT2D eigenvalue weighted by Gasteiger charge is -2.16. The Balaban J connectivity index is 2.75. The maximum atomic E-state index is 13.2. The van der Waals surface area contributed by atoms with Gasteiger partial charge in [-0.1, -0.05) is 6.07 Å². The number of alkyl halides is 3. The van der Waals surface area contributed by atoms with Gasteiger partial charge in [0.25, 0.3) is 0 Å². The molecule has 0 bridgehead atoms. The monoisotopic (exact) mass is 402 g/mol. The van der Waals surface area contributed by atoms with Crippen molar-refractivity contribution in [1.82, 2.24) is 0 Å². The van der Waals surface area contributed by atoms with Crippen LogP contribution in [-0.4, -0.2) is 32.9 Å². The molecule has 0 aliphatic rings. The predicted octanol–water partition coefficient (Wildman–Crippen LogP) is 3.80. The van der Waals surface area contributed by atoms with Gasteiger partial charge in [-0.05, 0) is 47.9 Å². The second-order valence-corrected chi connectivity index (χ2v) is 7.91. The van der Waals surface area contributed by atoms with E-state index in [0.717, 1.165) is 18.4 Å². The van der Waals surface area contributed by atoms with E-state index in [2.05, 4.69) is 0 Å². The lowest BCUT2D eigenvalue weighted by atomic mass is 9.93. The highest BCUT2D eigenvalue weighted by molar-refractivity contribution is 7.90. The number of sulfone groups is 1. The van der Waals surface area contributed by atoms with Crippen LogP contribution in [0.4, 0.5) is 13.2 Å². The van der Waals surface area contributed by atoms with E-state index in [1.807, 2.05) is 0 Å². The van der Waals surface area contributed by atoms with E-state index in [4.69, 9.17) is 9.84 Å². The molecule has 0 spiro atoms. The summed E-state index contributed by atoms with van der Waals surface area (Å²) in [5.41, 5.74) is -0.363. The molecule has 2 aromatic rings. The second-order valence-electron chi connectivity index (χ2n) is 5.90. The number of carboxylic acids is 1. The number of aryl methyl sites for hydroxylation is 1. The number of carboxylic acid groups (broad SMARTS) is 1. The van der Waals surface area contributed by atoms with Crippen molar-refractivity contribution in [2.75, 3.05) is 13.4 Å². The molecule has 1 N–H and O–H groups in total. The molecule has 0 unspecified atom stereocenters. The van der Waals surface area contributed by atoms with Gasteiger partial charge in [-0.15, -0.1) is 0 Å². The summed E-state index contributed by atoms with van der Waals surface area (Å²) in [5.74, 6) is -0.920. The number of benzene rings is 2. The van der Waals surface area contributed by atoms with Crippen molar-refractivity contribution < 1.29 is 36.2 Å². The molecule has 146 valence electrons. The van der Waals surface area contributed by atoms with Crippen LogP contribution in [0.5, 0.6) is 5.75 Å². The molecule has 0 aliphatic heterocycles. The van der Waals surface area contributed by atoms with Crippen molar-refractivity contribution in [3.05, 3.63) is 47.5 Å². The highest BCUT2D eigenvalue weighted by atomic mass is 32.2. The molecule has 5 nitrogen and oxygen atoms in total. The summed E-state index contributed by atoms with van der Waals surface area (Å²) >= 11 is 0. The van der Waals surface area contributed by atoms with Gasteiger partial charge in [-0.3, -0.25) is 4.79 Å². The van der Waals surface area contributed by atoms with E-state index in [0.29, 0.717) is 5.56 Å². The maximum absolute atomic E-state index is 13.2. The van der Waals surface area contributed by atoms with Crippen LogP contribution in [0, 0.1) is 0 Å².